The van der Waals surface area contributed by atoms with Gasteiger partial charge in [0.1, 0.15) is 0 Å². The van der Waals surface area contributed by atoms with Crippen LogP contribution < -0.4 is 0 Å². The van der Waals surface area contributed by atoms with Crippen molar-refractivity contribution in [3.8, 4) is 0 Å². The third-order valence-corrected chi connectivity index (χ3v) is 14.0. The van der Waals surface area contributed by atoms with Gasteiger partial charge in [0.05, 0.1) is 26.4 Å². The molecule has 0 bridgehead atoms. The number of unbranched alkanes of at least 4 members (excludes halogenated alkanes) is 24. The molecule has 410 valence electrons. The normalized spacial score (nSPS) is 15.1. The number of ether oxygens (including phenoxy) is 6. The van der Waals surface area contributed by atoms with E-state index in [-0.39, 0.29) is 37.1 Å². The minimum absolute atomic E-state index is 0.0726. The lowest BCUT2D eigenvalue weighted by molar-refractivity contribution is -0.178. The van der Waals surface area contributed by atoms with Crippen molar-refractivity contribution in [1.82, 2.24) is 9.80 Å². The highest BCUT2D eigenvalue weighted by atomic mass is 16.6. The van der Waals surface area contributed by atoms with Crippen LogP contribution in [-0.2, 0) is 47.6 Å². The summed E-state index contributed by atoms with van der Waals surface area (Å²) in [6.45, 7) is 12.8. The highest BCUT2D eigenvalue weighted by molar-refractivity contribution is 5.71. The van der Waals surface area contributed by atoms with Crippen molar-refractivity contribution in [2.45, 2.75) is 270 Å². The van der Waals surface area contributed by atoms with Crippen LogP contribution in [0.1, 0.15) is 258 Å². The second kappa shape index (κ2) is 47.7. The fourth-order valence-electron chi connectivity index (χ4n) is 9.54. The number of nitrogens with zero attached hydrogens (tertiary/aromatic N) is 2. The Hall–Kier alpha value is -2.28. The van der Waals surface area contributed by atoms with Crippen molar-refractivity contribution in [3.63, 3.8) is 0 Å². The molecule has 0 N–H and O–H groups in total. The predicted molar refractivity (Wildman–Crippen MR) is 283 cm³/mol. The first kappa shape index (κ1) is 63.8. The van der Waals surface area contributed by atoms with Crippen molar-refractivity contribution >= 4 is 23.9 Å². The summed E-state index contributed by atoms with van der Waals surface area (Å²) < 4.78 is 35.5. The Labute approximate surface area is 428 Å². The quantitative estimate of drug-likeness (QED) is 0.0327. The molecule has 2 heterocycles. The first-order chi connectivity index (χ1) is 34.4. The maximum Gasteiger partial charge on any atom is 0.306 e. The average Bonchev–Trinajstić information content (AvgIpc) is 4.09. The lowest BCUT2D eigenvalue weighted by atomic mass is 10.1. The van der Waals surface area contributed by atoms with E-state index in [4.69, 9.17) is 28.4 Å². The summed E-state index contributed by atoms with van der Waals surface area (Å²) in [5.41, 5.74) is 0. The number of rotatable bonds is 51. The number of likely N-dealkylation sites (tertiary alicyclic amines) is 2. The molecular formula is C58H108N2O10. The third-order valence-electron chi connectivity index (χ3n) is 14.0. The van der Waals surface area contributed by atoms with E-state index >= 15 is 0 Å². The van der Waals surface area contributed by atoms with Crippen molar-refractivity contribution in [2.24, 2.45) is 0 Å². The molecular weight excluding hydrogens is 885 g/mol. The average molecular weight is 994 g/mol. The molecule has 12 heteroatoms. The van der Waals surface area contributed by atoms with E-state index in [1.165, 1.54) is 116 Å². The number of carbonyl (C=O) groups is 4. The molecule has 2 saturated heterocycles. The van der Waals surface area contributed by atoms with Crippen molar-refractivity contribution in [2.75, 3.05) is 78.9 Å². The summed E-state index contributed by atoms with van der Waals surface area (Å²) in [6, 6.07) is 0. The van der Waals surface area contributed by atoms with Gasteiger partial charge in [0.15, 0.2) is 12.2 Å². The lowest BCUT2D eigenvalue weighted by Gasteiger charge is -2.27. The molecule has 2 atom stereocenters. The molecule has 12 nitrogen and oxygen atoms in total. The molecule has 0 aliphatic carbocycles. The Balaban J connectivity index is 1.74. The summed E-state index contributed by atoms with van der Waals surface area (Å²) in [5.74, 6) is -0.745. The number of carbonyl (C=O) groups excluding carboxylic acids is 4. The molecule has 0 amide bonds. The van der Waals surface area contributed by atoms with Gasteiger partial charge in [-0.15, -0.1) is 0 Å². The molecule has 0 spiro atoms. The summed E-state index contributed by atoms with van der Waals surface area (Å²) in [6.07, 6.45) is 38.0. The van der Waals surface area contributed by atoms with E-state index in [0.717, 1.165) is 142 Å². The van der Waals surface area contributed by atoms with Gasteiger partial charge in [-0.1, -0.05) is 155 Å². The van der Waals surface area contributed by atoms with Gasteiger partial charge in [-0.2, -0.15) is 0 Å². The van der Waals surface area contributed by atoms with Gasteiger partial charge < -0.3 is 38.2 Å². The second-order valence-corrected chi connectivity index (χ2v) is 20.6. The Bertz CT molecular complexity index is 1130. The standard InChI is InChI=1S/C58H108N2O10/c1-3-5-7-9-11-13-15-19-25-37-55(61)67-49-33-23-17-21-31-47-65-51-53(69-57(63)39-35-45-59-41-27-28-42-59)54(70-58(64)40-36-46-60-43-29-30-44-60)52-66-48-32-22-18-24-34-50-68-56(62)38-26-20-16-14-12-10-8-6-4-2/h53-54H,3-52H2,1-2H3. The Morgan fingerprint density at radius 1 is 0.343 bits per heavy atom. The maximum absolute atomic E-state index is 13.3. The molecule has 2 rings (SSSR count). The van der Waals surface area contributed by atoms with Gasteiger partial charge in [-0.3, -0.25) is 19.2 Å². The van der Waals surface area contributed by atoms with Gasteiger partial charge in [0, 0.05) is 38.9 Å². The van der Waals surface area contributed by atoms with Crippen LogP contribution in [0.3, 0.4) is 0 Å². The minimum atomic E-state index is -0.768. The number of hydrogen-bond donors (Lipinski definition) is 0. The summed E-state index contributed by atoms with van der Waals surface area (Å²) >= 11 is 0. The molecule has 2 unspecified atom stereocenters. The van der Waals surface area contributed by atoms with E-state index in [1.54, 1.807) is 0 Å². The molecule has 2 fully saturated rings. The monoisotopic (exact) mass is 993 g/mol. The lowest BCUT2D eigenvalue weighted by Crippen LogP contribution is -2.42. The van der Waals surface area contributed by atoms with Crippen LogP contribution in [0.2, 0.25) is 0 Å². The molecule has 70 heavy (non-hydrogen) atoms. The van der Waals surface area contributed by atoms with Crippen molar-refractivity contribution in [3.05, 3.63) is 0 Å². The Kier molecular flexibility index (Phi) is 43.5. The van der Waals surface area contributed by atoms with Crippen LogP contribution in [0, 0.1) is 0 Å². The summed E-state index contributed by atoms with van der Waals surface area (Å²) in [5, 5.41) is 0. The van der Waals surface area contributed by atoms with Crippen LogP contribution in [0.15, 0.2) is 0 Å². The number of esters is 4. The van der Waals surface area contributed by atoms with Gasteiger partial charge in [0.2, 0.25) is 0 Å². The first-order valence-electron chi connectivity index (χ1n) is 29.7. The zero-order chi connectivity index (χ0) is 50.2. The van der Waals surface area contributed by atoms with Crippen LogP contribution in [-0.4, -0.2) is 125 Å². The fraction of sp³-hybridized carbons (Fsp3) is 0.931. The fourth-order valence-corrected chi connectivity index (χ4v) is 9.54. The van der Waals surface area contributed by atoms with E-state index in [9.17, 15) is 19.2 Å². The smallest absolute Gasteiger partial charge is 0.306 e. The molecule has 2 aliphatic rings. The Morgan fingerprint density at radius 3 is 0.971 bits per heavy atom. The largest absolute Gasteiger partial charge is 0.466 e. The summed E-state index contributed by atoms with van der Waals surface area (Å²) in [7, 11) is 0. The Morgan fingerprint density at radius 2 is 0.629 bits per heavy atom. The maximum atomic E-state index is 13.3. The van der Waals surface area contributed by atoms with Gasteiger partial charge in [-0.05, 0) is 116 Å². The van der Waals surface area contributed by atoms with Crippen LogP contribution >= 0.6 is 0 Å². The molecule has 0 radical (unpaired) electrons. The van der Waals surface area contributed by atoms with E-state index < -0.39 is 12.2 Å². The predicted octanol–water partition coefficient (Wildman–Crippen LogP) is 13.4. The van der Waals surface area contributed by atoms with E-state index in [1.807, 2.05) is 0 Å². The number of hydrogen-bond acceptors (Lipinski definition) is 12. The summed E-state index contributed by atoms with van der Waals surface area (Å²) in [4.78, 5) is 55.8. The SMILES string of the molecule is CCCCCCCCCCCC(=O)OCCCCCCCOCC(OC(=O)CCCN1CCCC1)C(COCCCCCCCOC(=O)CCCCCCCCCCC)OC(=O)CCCN1CCCC1. The zero-order valence-electron chi connectivity index (χ0n) is 45.5. The van der Waals surface area contributed by atoms with Gasteiger partial charge >= 0.3 is 23.9 Å². The molecule has 0 aromatic heterocycles. The van der Waals surface area contributed by atoms with Crippen LogP contribution in [0.4, 0.5) is 0 Å². The molecule has 0 aromatic carbocycles. The van der Waals surface area contributed by atoms with Crippen LogP contribution in [0.25, 0.3) is 0 Å². The first-order valence-corrected chi connectivity index (χ1v) is 29.7. The highest BCUT2D eigenvalue weighted by Crippen LogP contribution is 2.17. The zero-order valence-corrected chi connectivity index (χ0v) is 45.5. The topological polar surface area (TPSA) is 130 Å². The second-order valence-electron chi connectivity index (χ2n) is 20.6. The van der Waals surface area contributed by atoms with E-state index in [0.29, 0.717) is 52.1 Å². The van der Waals surface area contributed by atoms with Crippen molar-refractivity contribution < 1.29 is 47.6 Å². The molecule has 2 aliphatic heterocycles. The third kappa shape index (κ3) is 39.3. The minimum Gasteiger partial charge on any atom is -0.466 e. The molecule has 0 saturated carbocycles. The van der Waals surface area contributed by atoms with Gasteiger partial charge in [-0.25, -0.2) is 0 Å². The van der Waals surface area contributed by atoms with Crippen LogP contribution in [0.5, 0.6) is 0 Å². The highest BCUT2D eigenvalue weighted by Gasteiger charge is 2.30. The van der Waals surface area contributed by atoms with Gasteiger partial charge in [0.25, 0.3) is 0 Å². The van der Waals surface area contributed by atoms with E-state index in [2.05, 4.69) is 23.6 Å². The molecule has 0 aromatic rings. The van der Waals surface area contributed by atoms with Crippen molar-refractivity contribution in [1.29, 1.82) is 0 Å².